The first-order valence-electron chi connectivity index (χ1n) is 11.3. The highest BCUT2D eigenvalue weighted by Gasteiger charge is 2.56. The van der Waals surface area contributed by atoms with Gasteiger partial charge in [-0.3, -0.25) is 4.79 Å². The minimum Gasteiger partial charge on any atom is -0.405 e. The Labute approximate surface area is 176 Å². The van der Waals surface area contributed by atoms with Crippen molar-refractivity contribution in [3.8, 4) is 0 Å². The molecule has 0 radical (unpaired) electrons. The Morgan fingerprint density at radius 1 is 1.14 bits per heavy atom. The molecule has 5 heteroatoms. The minimum atomic E-state index is -3.20. The number of amides is 1. The van der Waals surface area contributed by atoms with Crippen LogP contribution in [0.5, 0.6) is 0 Å². The highest BCUT2D eigenvalue weighted by molar-refractivity contribution is 6.99. The van der Waals surface area contributed by atoms with Gasteiger partial charge in [0.15, 0.2) is 0 Å². The second-order valence-corrected chi connectivity index (χ2v) is 13.4. The van der Waals surface area contributed by atoms with Gasteiger partial charge in [-0.1, -0.05) is 81.4 Å². The van der Waals surface area contributed by atoms with Crippen LogP contribution in [0.2, 0.25) is 5.04 Å². The van der Waals surface area contributed by atoms with E-state index in [1.807, 2.05) is 60.7 Å². The zero-order valence-corrected chi connectivity index (χ0v) is 18.3. The molecule has 0 unspecified atom stereocenters. The number of fused-ring (bicyclic) bond motifs is 1. The summed E-state index contributed by atoms with van der Waals surface area (Å²) in [5, 5.41) is 1.50. The Morgan fingerprint density at radius 2 is 1.69 bits per heavy atom. The lowest BCUT2D eigenvalue weighted by atomic mass is 9.95. The Kier molecular flexibility index (Phi) is 4.53. The van der Waals surface area contributed by atoms with Crippen molar-refractivity contribution in [1.29, 1.82) is 0 Å². The summed E-state index contributed by atoms with van der Waals surface area (Å²) in [6.45, 7) is 3.99. The number of hydrogen-bond donors (Lipinski definition) is 0. The molecule has 0 aliphatic carbocycles. The van der Waals surface area contributed by atoms with Crippen LogP contribution in [0.1, 0.15) is 42.8 Å². The molecule has 1 amide bonds. The molecular formula is C24H30FNO2Si. The third kappa shape index (κ3) is 3.34. The van der Waals surface area contributed by atoms with Crippen LogP contribution < -0.4 is 10.4 Å². The van der Waals surface area contributed by atoms with Crippen molar-refractivity contribution in [2.45, 2.75) is 56.8 Å². The second-order valence-electron chi connectivity index (χ2n) is 9.20. The van der Waals surface area contributed by atoms with Gasteiger partial charge in [-0.15, -0.1) is 0 Å². The summed E-state index contributed by atoms with van der Waals surface area (Å²) in [4.78, 5) is 13.9. The molecule has 0 aromatic heterocycles. The number of carbonyl (C=O) groups excluding carboxylic acids is 1. The van der Waals surface area contributed by atoms with E-state index in [4.69, 9.17) is 4.43 Å². The molecule has 0 spiro atoms. The van der Waals surface area contributed by atoms with E-state index in [-0.39, 0.29) is 31.7 Å². The van der Waals surface area contributed by atoms with Crippen LogP contribution in [0.15, 0.2) is 60.7 Å². The molecule has 2 aliphatic rings. The fraction of sp³-hybridized carbons (Fsp3) is 0.458. The number of carbonyl (C=O) groups is 1. The molecule has 0 bridgehead atoms. The van der Waals surface area contributed by atoms with Crippen LogP contribution in [-0.4, -0.2) is 43.9 Å². The van der Waals surface area contributed by atoms with Crippen LogP contribution >= 0.6 is 0 Å². The molecule has 2 aromatic rings. The van der Waals surface area contributed by atoms with Gasteiger partial charge in [0.25, 0.3) is 8.32 Å². The van der Waals surface area contributed by atoms with Crippen molar-refractivity contribution in [3.63, 3.8) is 0 Å². The van der Waals surface area contributed by atoms with Gasteiger partial charge in [-0.2, -0.15) is 0 Å². The maximum absolute atomic E-state index is 14.5. The predicted molar refractivity (Wildman–Crippen MR) is 117 cm³/mol. The number of benzene rings is 2. The lowest BCUT2D eigenvalue weighted by molar-refractivity contribution is -0.130. The molecule has 2 saturated heterocycles. The van der Waals surface area contributed by atoms with E-state index in [0.717, 1.165) is 10.4 Å². The average Bonchev–Trinajstić information content (AvgIpc) is 3.23. The Hall–Kier alpha value is -1.98. The molecule has 4 rings (SSSR count). The number of alkyl halides is 1. The zero-order valence-electron chi connectivity index (χ0n) is 19.3. The third-order valence-corrected chi connectivity index (χ3v) is 11.1. The number of rotatable bonds is 5. The topological polar surface area (TPSA) is 29.5 Å². The number of nitrogens with zero attached hydrogens (tertiary/aromatic N) is 1. The van der Waals surface area contributed by atoms with Crippen LogP contribution in [-0.2, 0) is 9.22 Å². The monoisotopic (exact) mass is 413 g/mol. The molecule has 29 heavy (non-hydrogen) atoms. The molecule has 0 saturated carbocycles. The summed E-state index contributed by atoms with van der Waals surface area (Å²) in [5.74, 6) is -0.185. The van der Waals surface area contributed by atoms with E-state index < -0.39 is 31.6 Å². The van der Waals surface area contributed by atoms with E-state index in [2.05, 4.69) is 20.8 Å². The van der Waals surface area contributed by atoms with Gasteiger partial charge in [0.2, 0.25) is 5.91 Å². The molecule has 2 atom stereocenters. The molecule has 2 heterocycles. The highest BCUT2D eigenvalue weighted by atomic mass is 28.4. The summed E-state index contributed by atoms with van der Waals surface area (Å²) in [5.41, 5.74) is -1.27. The van der Waals surface area contributed by atoms with E-state index in [1.165, 1.54) is 4.90 Å². The van der Waals surface area contributed by atoms with E-state index in [1.54, 1.807) is 0 Å². The van der Waals surface area contributed by atoms with Crippen molar-refractivity contribution in [1.82, 2.24) is 4.90 Å². The van der Waals surface area contributed by atoms with Crippen molar-refractivity contribution >= 4 is 24.6 Å². The largest absolute Gasteiger partial charge is 0.405 e. The highest BCUT2D eigenvalue weighted by Crippen LogP contribution is 2.43. The quantitative estimate of drug-likeness (QED) is 0.700. The fourth-order valence-corrected chi connectivity index (χ4v) is 9.18. The van der Waals surface area contributed by atoms with Gasteiger partial charge in [-0.05, 0) is 21.8 Å². The summed E-state index contributed by atoms with van der Waals surface area (Å²) in [6, 6.07) is 19.7. The lowest BCUT2D eigenvalue weighted by Gasteiger charge is -2.45. The van der Waals surface area contributed by atoms with E-state index in [0.29, 0.717) is 0 Å². The minimum absolute atomic E-state index is 0.0239. The second kappa shape index (κ2) is 7.37. The first-order valence-corrected chi connectivity index (χ1v) is 12.2. The number of hydrogen-bond acceptors (Lipinski definition) is 2. The van der Waals surface area contributed by atoms with Crippen LogP contribution in [0.3, 0.4) is 0 Å². The third-order valence-electron chi connectivity index (χ3n) is 6.32. The Bertz CT molecular complexity index is 912. The van der Waals surface area contributed by atoms with Gasteiger partial charge in [0.1, 0.15) is 6.17 Å². The van der Waals surface area contributed by atoms with Crippen LogP contribution in [0.4, 0.5) is 4.39 Å². The van der Waals surface area contributed by atoms with Crippen LogP contribution in [0.25, 0.3) is 0 Å². The van der Waals surface area contributed by atoms with E-state index in [9.17, 15) is 11.9 Å². The van der Waals surface area contributed by atoms with Gasteiger partial charge in [-0.25, -0.2) is 4.39 Å². The summed E-state index contributed by atoms with van der Waals surface area (Å²) >= 11 is 0. The smallest absolute Gasteiger partial charge is 0.261 e. The van der Waals surface area contributed by atoms with Gasteiger partial charge in [0, 0.05) is 12.8 Å². The summed E-state index contributed by atoms with van der Waals surface area (Å²) in [7, 11) is -3.20. The van der Waals surface area contributed by atoms with Gasteiger partial charge in [0.05, 0.1) is 21.4 Å². The van der Waals surface area contributed by atoms with Gasteiger partial charge < -0.3 is 9.33 Å². The standard InChI is InChI=1S/C24H30FNO2Si/c1-23(2,3)29(20-10-6-4-7-11-20,21-12-8-5-9-13-21)28-18-24-15-14-22(27)26(24)17-19(25)16-24/h4-13,19H,14-18H2,1-3H3/t19-,24+/m1/s1/i18D2. The Balaban J connectivity index is 1.90. The molecule has 2 aliphatic heterocycles. The lowest BCUT2D eigenvalue weighted by Crippen LogP contribution is -2.68. The first kappa shape index (κ1) is 17.8. The van der Waals surface area contributed by atoms with Crippen LogP contribution in [0, 0.1) is 0 Å². The van der Waals surface area contributed by atoms with Crippen molar-refractivity contribution in [2.24, 2.45) is 0 Å². The number of halogens is 1. The summed E-state index contributed by atoms with van der Waals surface area (Å²) in [6.07, 6.45) is -0.750. The van der Waals surface area contributed by atoms with Gasteiger partial charge >= 0.3 is 0 Å². The molecule has 2 fully saturated rings. The molecular weight excluding hydrogens is 381 g/mol. The fourth-order valence-electron chi connectivity index (χ4n) is 4.91. The molecule has 154 valence electrons. The summed E-state index contributed by atoms with van der Waals surface area (Å²) < 4.78 is 39.6. The van der Waals surface area contributed by atoms with Crippen molar-refractivity contribution in [3.05, 3.63) is 60.7 Å². The average molecular weight is 414 g/mol. The maximum Gasteiger partial charge on any atom is 0.261 e. The first-order chi connectivity index (χ1) is 14.5. The SMILES string of the molecule is [2H]C([2H])(O[Si](c1ccccc1)(c1ccccc1)C(C)(C)C)[C@@]12CCC(=O)N1C[C@H](F)C2. The van der Waals surface area contributed by atoms with Crippen molar-refractivity contribution in [2.75, 3.05) is 13.1 Å². The Morgan fingerprint density at radius 3 is 2.21 bits per heavy atom. The maximum atomic E-state index is 14.5. The predicted octanol–water partition coefficient (Wildman–Crippen LogP) is 3.67. The molecule has 0 N–H and O–H groups in total. The van der Waals surface area contributed by atoms with Crippen molar-refractivity contribution < 1.29 is 16.4 Å². The molecule has 2 aromatic carbocycles. The zero-order chi connectivity index (χ0) is 22.5. The molecule has 3 nitrogen and oxygen atoms in total. The normalized spacial score (nSPS) is 26.3. The van der Waals surface area contributed by atoms with E-state index >= 15 is 0 Å².